The monoisotopic (exact) mass is 540 g/mol. The van der Waals surface area contributed by atoms with Crippen molar-refractivity contribution in [1.82, 2.24) is 0 Å². The second-order valence-corrected chi connectivity index (χ2v) is 24.1. The molecule has 1 aromatic carbocycles. The summed E-state index contributed by atoms with van der Waals surface area (Å²) in [6, 6.07) is 10.4. The first-order valence-corrected chi connectivity index (χ1v) is 19.6. The van der Waals surface area contributed by atoms with Crippen LogP contribution in [-0.2, 0) is 23.1 Å². The highest BCUT2D eigenvalue weighted by molar-refractivity contribution is 7.99. The van der Waals surface area contributed by atoms with Gasteiger partial charge in [-0.15, -0.1) is 0 Å². The van der Waals surface area contributed by atoms with Gasteiger partial charge < -0.3 is 23.1 Å². The molecule has 1 aromatic rings. The molecule has 2 saturated heterocycles. The minimum atomic E-state index is -2.15. The highest BCUT2D eigenvalue weighted by Crippen LogP contribution is 2.47. The Labute approximate surface area is 220 Å². The molecule has 0 unspecified atom stereocenters. The summed E-state index contributed by atoms with van der Waals surface area (Å²) < 4.78 is 33.7. The van der Waals surface area contributed by atoms with Gasteiger partial charge in [-0.1, -0.05) is 71.5 Å². The van der Waals surface area contributed by atoms with Crippen LogP contribution in [-0.4, -0.2) is 58.9 Å². The molecule has 0 radical (unpaired) electrons. The van der Waals surface area contributed by atoms with Crippen molar-refractivity contribution < 1.29 is 23.1 Å². The number of hydrogen-bond donors (Lipinski definition) is 0. The lowest BCUT2D eigenvalue weighted by molar-refractivity contribution is -0.347. The van der Waals surface area contributed by atoms with Gasteiger partial charge in [-0.2, -0.15) is 0 Å². The van der Waals surface area contributed by atoms with E-state index in [9.17, 15) is 0 Å². The first-order chi connectivity index (χ1) is 15.8. The fourth-order valence-corrected chi connectivity index (χ4v) is 7.64. The third-order valence-corrected chi connectivity index (χ3v) is 18.2. The maximum Gasteiger partial charge on any atom is 0.192 e. The van der Waals surface area contributed by atoms with Crippen LogP contribution in [0.1, 0.15) is 55.4 Å². The van der Waals surface area contributed by atoms with Gasteiger partial charge in [-0.25, -0.2) is 0 Å². The van der Waals surface area contributed by atoms with Crippen molar-refractivity contribution in [2.45, 2.75) is 132 Å². The maximum atomic E-state index is 7.21. The number of thioether (sulfide) groups is 1. The predicted molar refractivity (Wildman–Crippen MR) is 150 cm³/mol. The van der Waals surface area contributed by atoms with E-state index in [0.29, 0.717) is 6.61 Å². The maximum absolute atomic E-state index is 7.21. The number of hydrogen-bond acceptors (Lipinski definition) is 6. The quantitative estimate of drug-likeness (QED) is 0.350. The van der Waals surface area contributed by atoms with Crippen LogP contribution in [0, 0.1) is 0 Å². The molecule has 2 aliphatic rings. The average Bonchev–Trinajstić information content (AvgIpc) is 2.69. The van der Waals surface area contributed by atoms with E-state index in [4.69, 9.17) is 23.1 Å². The number of ether oxygens (including phenoxy) is 3. The van der Waals surface area contributed by atoms with Crippen molar-refractivity contribution in [3.63, 3.8) is 0 Å². The lowest BCUT2D eigenvalue weighted by atomic mass is 9.98. The molecule has 5 atom stereocenters. The van der Waals surface area contributed by atoms with E-state index in [2.05, 4.69) is 92.0 Å². The second kappa shape index (κ2) is 10.2. The Balaban J connectivity index is 2.07. The van der Waals surface area contributed by atoms with E-state index in [0.717, 1.165) is 4.90 Å². The van der Waals surface area contributed by atoms with E-state index < -0.39 is 22.4 Å². The molecule has 0 aromatic heterocycles. The Kier molecular flexibility index (Phi) is 8.53. The summed E-state index contributed by atoms with van der Waals surface area (Å²) in [5.74, 6) is -0.694. The fraction of sp³-hybridized carbons (Fsp3) is 0.778. The summed E-state index contributed by atoms with van der Waals surface area (Å²) in [6.45, 7) is 27.4. The highest BCUT2D eigenvalue weighted by atomic mass is 32.2. The molecular weight excluding hydrogens is 493 g/mol. The average molecular weight is 541 g/mol. The Hall–Kier alpha value is -0.196. The van der Waals surface area contributed by atoms with Crippen LogP contribution in [0.15, 0.2) is 35.2 Å². The number of benzene rings is 1. The standard InChI is InChI=1S/C27H48O5SSi2/c1-25(2,3)34(9,10)31-22-21-20(18-28-27(7,8)30-21)29-24(33-19-16-14-13-15-17-19)23(22)32-35(11,12)26(4,5)6/h13-17,20-24H,18H2,1-12H3/t20-,21-,22+,23-,24+/m1/s1. The molecule has 0 spiro atoms. The van der Waals surface area contributed by atoms with Gasteiger partial charge in [0.2, 0.25) is 0 Å². The summed E-state index contributed by atoms with van der Waals surface area (Å²) in [6.07, 6.45) is -0.966. The molecule has 3 rings (SSSR count). The van der Waals surface area contributed by atoms with Crippen LogP contribution in [0.5, 0.6) is 0 Å². The summed E-state index contributed by atoms with van der Waals surface area (Å²) in [5, 5.41) is 0.119. The molecule has 5 nitrogen and oxygen atoms in total. The van der Waals surface area contributed by atoms with Crippen molar-refractivity contribution in [3.8, 4) is 0 Å². The molecule has 0 N–H and O–H groups in total. The zero-order chi connectivity index (χ0) is 26.4. The predicted octanol–water partition coefficient (Wildman–Crippen LogP) is 7.44. The second-order valence-electron chi connectivity index (χ2n) is 13.5. The van der Waals surface area contributed by atoms with Crippen molar-refractivity contribution in [2.24, 2.45) is 0 Å². The lowest BCUT2D eigenvalue weighted by Gasteiger charge is -2.55. The van der Waals surface area contributed by atoms with E-state index >= 15 is 0 Å². The van der Waals surface area contributed by atoms with Gasteiger partial charge in [0.15, 0.2) is 22.4 Å². The zero-order valence-corrected chi connectivity index (χ0v) is 26.7. The van der Waals surface area contributed by atoms with E-state index in [1.165, 1.54) is 0 Å². The normalized spacial score (nSPS) is 30.1. The smallest absolute Gasteiger partial charge is 0.192 e. The SMILES string of the molecule is CC1(C)OC[C@H]2O[C@@H](Sc3ccccc3)[C@H](O[Si](C)(C)C(C)(C)C)[C@@H](O[Si](C)(C)C(C)(C)C)[C@@H]2O1. The van der Waals surface area contributed by atoms with Gasteiger partial charge >= 0.3 is 0 Å². The van der Waals surface area contributed by atoms with E-state index in [1.807, 2.05) is 19.9 Å². The van der Waals surface area contributed by atoms with Crippen molar-refractivity contribution in [1.29, 1.82) is 0 Å². The third kappa shape index (κ3) is 6.82. The third-order valence-electron chi connectivity index (χ3n) is 8.08. The first kappa shape index (κ1) is 29.4. The molecule has 2 fully saturated rings. The van der Waals surface area contributed by atoms with Crippen LogP contribution in [0.25, 0.3) is 0 Å². The molecular formula is C27H48O5SSi2. The van der Waals surface area contributed by atoms with Crippen LogP contribution >= 0.6 is 11.8 Å². The van der Waals surface area contributed by atoms with Crippen LogP contribution in [0.3, 0.4) is 0 Å². The van der Waals surface area contributed by atoms with Gasteiger partial charge in [-0.3, -0.25) is 0 Å². The summed E-state index contributed by atoms with van der Waals surface area (Å²) in [7, 11) is -4.30. The van der Waals surface area contributed by atoms with Crippen LogP contribution < -0.4 is 0 Å². The van der Waals surface area contributed by atoms with Gasteiger partial charge in [0.05, 0.1) is 6.61 Å². The highest BCUT2D eigenvalue weighted by Gasteiger charge is 2.57. The van der Waals surface area contributed by atoms with Crippen molar-refractivity contribution in [2.75, 3.05) is 6.61 Å². The number of rotatable bonds is 6. The van der Waals surface area contributed by atoms with Crippen LogP contribution in [0.2, 0.25) is 36.3 Å². The lowest BCUT2D eigenvalue weighted by Crippen LogP contribution is -2.68. The Morgan fingerprint density at radius 1 is 0.857 bits per heavy atom. The first-order valence-electron chi connectivity index (χ1n) is 12.9. The molecule has 2 aliphatic heterocycles. The van der Waals surface area contributed by atoms with Crippen LogP contribution in [0.4, 0.5) is 0 Å². The zero-order valence-electron chi connectivity index (χ0n) is 23.9. The minimum Gasteiger partial charge on any atom is -0.408 e. The minimum absolute atomic E-state index is 0.0587. The Morgan fingerprint density at radius 2 is 1.37 bits per heavy atom. The summed E-state index contributed by atoms with van der Waals surface area (Å²) in [4.78, 5) is 1.16. The van der Waals surface area contributed by atoms with Gasteiger partial charge in [0, 0.05) is 4.90 Å². The number of fused-ring (bicyclic) bond motifs is 1. The summed E-state index contributed by atoms with van der Waals surface area (Å²) >= 11 is 1.72. The van der Waals surface area contributed by atoms with Crippen molar-refractivity contribution >= 4 is 28.4 Å². The largest absolute Gasteiger partial charge is 0.408 e. The summed E-state index contributed by atoms with van der Waals surface area (Å²) in [5.41, 5.74) is -0.226. The molecule has 2 heterocycles. The molecule has 0 saturated carbocycles. The molecule has 0 aliphatic carbocycles. The van der Waals surface area contributed by atoms with Gasteiger partial charge in [-0.05, 0) is 62.2 Å². The van der Waals surface area contributed by atoms with E-state index in [1.54, 1.807) is 11.8 Å². The molecule has 0 bridgehead atoms. The molecule has 200 valence electrons. The Morgan fingerprint density at radius 3 is 1.89 bits per heavy atom. The molecule has 0 amide bonds. The molecule has 8 heteroatoms. The van der Waals surface area contributed by atoms with Gasteiger partial charge in [0.25, 0.3) is 0 Å². The van der Waals surface area contributed by atoms with E-state index in [-0.39, 0.29) is 39.9 Å². The van der Waals surface area contributed by atoms with Gasteiger partial charge in [0.1, 0.15) is 29.9 Å². The molecule has 35 heavy (non-hydrogen) atoms. The van der Waals surface area contributed by atoms with Crippen molar-refractivity contribution in [3.05, 3.63) is 30.3 Å². The fourth-order valence-electron chi connectivity index (χ4n) is 3.82. The topological polar surface area (TPSA) is 46.2 Å². The Bertz CT molecular complexity index is 847.